The normalized spacial score (nSPS) is 15.9. The Morgan fingerprint density at radius 1 is 0.923 bits per heavy atom. The lowest BCUT2D eigenvalue weighted by Crippen LogP contribution is -2.40. The number of aromatic nitrogens is 5. The van der Waals surface area contributed by atoms with E-state index in [4.69, 9.17) is 25.2 Å². The summed E-state index contributed by atoms with van der Waals surface area (Å²) in [7, 11) is 0. The first-order valence-electron chi connectivity index (χ1n) is 12.6. The molecule has 2 amide bonds. The minimum atomic E-state index is -0.424. The van der Waals surface area contributed by atoms with Gasteiger partial charge in [-0.05, 0) is 24.3 Å². The van der Waals surface area contributed by atoms with Crippen molar-refractivity contribution < 1.29 is 19.1 Å². The molecule has 0 unspecified atom stereocenters. The third-order valence-electron chi connectivity index (χ3n) is 6.65. The Hall–Kier alpha value is -4.62. The van der Waals surface area contributed by atoms with Crippen LogP contribution in [0.1, 0.15) is 10.4 Å². The maximum atomic E-state index is 13.5. The number of anilines is 3. The summed E-state index contributed by atoms with van der Waals surface area (Å²) >= 11 is 0. The number of amides is 2. The van der Waals surface area contributed by atoms with Crippen molar-refractivity contribution in [2.24, 2.45) is 0 Å². The number of rotatable bonds is 4. The van der Waals surface area contributed by atoms with E-state index in [1.807, 2.05) is 4.90 Å². The van der Waals surface area contributed by atoms with Crippen LogP contribution in [0.25, 0.3) is 22.3 Å². The Morgan fingerprint density at radius 2 is 1.64 bits per heavy atom. The molecular weight excluding hydrogens is 502 g/mol. The summed E-state index contributed by atoms with van der Waals surface area (Å²) in [5, 5.41) is 3.55. The first-order valence-corrected chi connectivity index (χ1v) is 12.6. The fourth-order valence-corrected chi connectivity index (χ4v) is 4.61. The van der Waals surface area contributed by atoms with Crippen LogP contribution >= 0.6 is 0 Å². The van der Waals surface area contributed by atoms with E-state index in [0.29, 0.717) is 92.1 Å². The van der Waals surface area contributed by atoms with Gasteiger partial charge in [-0.25, -0.2) is 19.7 Å². The van der Waals surface area contributed by atoms with E-state index < -0.39 is 6.03 Å². The number of nitrogens with one attached hydrogen (secondary N) is 1. The molecule has 39 heavy (non-hydrogen) atoms. The summed E-state index contributed by atoms with van der Waals surface area (Å²) in [6.45, 7) is 4.48. The average Bonchev–Trinajstić information content (AvgIpc) is 3.42. The molecule has 0 atom stereocenters. The number of morpholine rings is 2. The standard InChI is InChI=1S/C26H27N9O4/c27-24-28-15-18(16-29-24)21-20-4-5-35(22(20)32-25(31-21)34-8-12-39-13-9-34)26(37)30-19-3-1-2-17(14-19)23(36)33-6-10-38-11-7-33/h1-5,14-16H,6-13H2,(H,30,37)(H2,27,28,29). The molecule has 2 saturated heterocycles. The minimum absolute atomic E-state index is 0.0981. The SMILES string of the molecule is Nc1ncc(-c2nc(N3CCOCC3)nc3c2ccn3C(=O)Nc2cccc(C(=O)N3CCOCC3)c2)cn1. The van der Waals surface area contributed by atoms with Crippen molar-refractivity contribution in [2.75, 3.05) is 68.6 Å². The highest BCUT2D eigenvalue weighted by Crippen LogP contribution is 2.29. The highest BCUT2D eigenvalue weighted by atomic mass is 16.5. The van der Waals surface area contributed by atoms with Crippen LogP contribution in [0.15, 0.2) is 48.9 Å². The van der Waals surface area contributed by atoms with E-state index in [1.54, 1.807) is 53.8 Å². The number of hydrogen-bond donors (Lipinski definition) is 2. The van der Waals surface area contributed by atoms with Gasteiger partial charge in [0.2, 0.25) is 11.9 Å². The van der Waals surface area contributed by atoms with Gasteiger partial charge in [-0.3, -0.25) is 9.36 Å². The van der Waals surface area contributed by atoms with Gasteiger partial charge < -0.3 is 30.3 Å². The first kappa shape index (κ1) is 24.7. The summed E-state index contributed by atoms with van der Waals surface area (Å²) in [5.74, 6) is 0.534. The van der Waals surface area contributed by atoms with E-state index in [0.717, 1.165) is 0 Å². The van der Waals surface area contributed by atoms with E-state index >= 15 is 0 Å². The fourth-order valence-electron chi connectivity index (χ4n) is 4.61. The smallest absolute Gasteiger partial charge is 0.331 e. The van der Waals surface area contributed by atoms with Gasteiger partial charge >= 0.3 is 6.03 Å². The number of benzene rings is 1. The molecule has 4 aromatic rings. The van der Waals surface area contributed by atoms with Gasteiger partial charge in [-0.2, -0.15) is 4.98 Å². The van der Waals surface area contributed by atoms with Crippen LogP contribution in [-0.2, 0) is 9.47 Å². The number of nitrogens with two attached hydrogens (primary N) is 1. The monoisotopic (exact) mass is 529 g/mol. The number of nitrogens with zero attached hydrogens (tertiary/aromatic N) is 7. The van der Waals surface area contributed by atoms with Gasteiger partial charge in [0.05, 0.1) is 32.1 Å². The Morgan fingerprint density at radius 3 is 2.38 bits per heavy atom. The van der Waals surface area contributed by atoms with Crippen molar-refractivity contribution in [1.29, 1.82) is 0 Å². The van der Waals surface area contributed by atoms with Gasteiger partial charge in [-0.15, -0.1) is 0 Å². The lowest BCUT2D eigenvalue weighted by atomic mass is 10.1. The summed E-state index contributed by atoms with van der Waals surface area (Å²) in [6.07, 6.45) is 4.84. The Labute approximate surface area is 223 Å². The molecule has 2 fully saturated rings. The third-order valence-corrected chi connectivity index (χ3v) is 6.65. The molecule has 13 heteroatoms. The van der Waals surface area contributed by atoms with Crippen molar-refractivity contribution in [3.63, 3.8) is 0 Å². The largest absolute Gasteiger partial charge is 0.378 e. The second kappa shape index (κ2) is 10.6. The van der Waals surface area contributed by atoms with Crippen LogP contribution in [0.5, 0.6) is 0 Å². The van der Waals surface area contributed by atoms with Gasteiger partial charge in [0, 0.05) is 67.0 Å². The Bertz CT molecular complexity index is 1510. The third kappa shape index (κ3) is 5.09. The molecule has 0 aliphatic carbocycles. The molecule has 3 N–H and O–H groups in total. The van der Waals surface area contributed by atoms with E-state index in [-0.39, 0.29) is 11.9 Å². The van der Waals surface area contributed by atoms with Crippen molar-refractivity contribution in [2.45, 2.75) is 0 Å². The molecule has 200 valence electrons. The lowest BCUT2D eigenvalue weighted by Gasteiger charge is -2.27. The van der Waals surface area contributed by atoms with E-state index in [9.17, 15) is 9.59 Å². The van der Waals surface area contributed by atoms with Gasteiger partial charge in [-0.1, -0.05) is 6.07 Å². The number of carbonyl (C=O) groups excluding carboxylic acids is 2. The average molecular weight is 530 g/mol. The fraction of sp³-hybridized carbons (Fsp3) is 0.308. The van der Waals surface area contributed by atoms with E-state index in [1.165, 1.54) is 4.57 Å². The van der Waals surface area contributed by atoms with Gasteiger partial charge in [0.15, 0.2) is 5.65 Å². The molecule has 0 bridgehead atoms. The first-order chi connectivity index (χ1) is 19.1. The van der Waals surface area contributed by atoms with Crippen LogP contribution in [0.3, 0.4) is 0 Å². The quantitative estimate of drug-likeness (QED) is 0.400. The topological polar surface area (TPSA) is 154 Å². The highest BCUT2D eigenvalue weighted by Gasteiger charge is 2.22. The van der Waals surface area contributed by atoms with Crippen LogP contribution in [0, 0.1) is 0 Å². The van der Waals surface area contributed by atoms with Crippen molar-refractivity contribution in [3.8, 4) is 11.3 Å². The molecule has 1 aromatic carbocycles. The molecular formula is C26H27N9O4. The molecule has 5 heterocycles. The highest BCUT2D eigenvalue weighted by molar-refractivity contribution is 6.02. The Kier molecular flexibility index (Phi) is 6.73. The Balaban J connectivity index is 1.33. The lowest BCUT2D eigenvalue weighted by molar-refractivity contribution is 0.0303. The van der Waals surface area contributed by atoms with Gasteiger partial charge in [0.25, 0.3) is 5.91 Å². The van der Waals surface area contributed by atoms with Crippen LogP contribution < -0.4 is 16.0 Å². The zero-order valence-electron chi connectivity index (χ0n) is 21.1. The zero-order valence-corrected chi connectivity index (χ0v) is 21.1. The van der Waals surface area contributed by atoms with Crippen LogP contribution in [0.4, 0.5) is 22.4 Å². The molecule has 6 rings (SSSR count). The molecule has 2 aliphatic rings. The number of ether oxygens (including phenoxy) is 2. The number of hydrogen-bond acceptors (Lipinski definition) is 10. The second-order valence-corrected chi connectivity index (χ2v) is 9.14. The molecule has 13 nitrogen and oxygen atoms in total. The number of carbonyl (C=O) groups is 2. The number of nitrogen functional groups attached to an aromatic ring is 1. The molecule has 2 aliphatic heterocycles. The van der Waals surface area contributed by atoms with E-state index in [2.05, 4.69) is 15.3 Å². The summed E-state index contributed by atoms with van der Waals surface area (Å²) < 4.78 is 12.3. The molecule has 0 radical (unpaired) electrons. The second-order valence-electron chi connectivity index (χ2n) is 9.14. The summed E-state index contributed by atoms with van der Waals surface area (Å²) in [4.78, 5) is 47.9. The van der Waals surface area contributed by atoms with Crippen LogP contribution in [0.2, 0.25) is 0 Å². The van der Waals surface area contributed by atoms with Crippen molar-refractivity contribution in [1.82, 2.24) is 29.4 Å². The van der Waals surface area contributed by atoms with Crippen molar-refractivity contribution in [3.05, 3.63) is 54.5 Å². The minimum Gasteiger partial charge on any atom is -0.378 e. The zero-order chi connectivity index (χ0) is 26.8. The summed E-state index contributed by atoms with van der Waals surface area (Å²) in [5.41, 5.74) is 8.35. The number of fused-ring (bicyclic) bond motifs is 1. The van der Waals surface area contributed by atoms with Gasteiger partial charge in [0.1, 0.15) is 0 Å². The van der Waals surface area contributed by atoms with Crippen LogP contribution in [-0.4, -0.2) is 93.9 Å². The molecule has 0 saturated carbocycles. The predicted octanol–water partition coefficient (Wildman–Crippen LogP) is 1.86. The molecule has 3 aromatic heterocycles. The molecule has 0 spiro atoms. The maximum absolute atomic E-state index is 13.5. The van der Waals surface area contributed by atoms with Crippen molar-refractivity contribution >= 4 is 40.6 Å². The predicted molar refractivity (Wildman–Crippen MR) is 144 cm³/mol. The maximum Gasteiger partial charge on any atom is 0.331 e. The summed E-state index contributed by atoms with van der Waals surface area (Å²) in [6, 6.07) is 8.25.